The van der Waals surface area contributed by atoms with Crippen LogP contribution in [0.1, 0.15) is 32.1 Å². The number of ether oxygens (including phenoxy) is 2. The van der Waals surface area contributed by atoms with Crippen LogP contribution in [-0.4, -0.2) is 38.6 Å². The highest BCUT2D eigenvalue weighted by molar-refractivity contribution is 5.83. The normalized spacial score (nSPS) is 9.53. The van der Waals surface area contributed by atoms with Gasteiger partial charge < -0.3 is 14.8 Å². The fraction of sp³-hybridized carbons (Fsp3) is 0.727. The first kappa shape index (κ1) is 15.4. The quantitative estimate of drug-likeness (QED) is 0.510. The molecule has 0 unspecified atom stereocenters. The van der Waals surface area contributed by atoms with Crippen molar-refractivity contribution in [2.45, 2.75) is 32.1 Å². The second kappa shape index (κ2) is 9.62. The van der Waals surface area contributed by atoms with Crippen LogP contribution < -0.4 is 5.32 Å². The van der Waals surface area contributed by atoms with E-state index in [-0.39, 0.29) is 18.3 Å². The van der Waals surface area contributed by atoms with E-state index in [2.05, 4.69) is 14.8 Å². The summed E-state index contributed by atoms with van der Waals surface area (Å²) in [4.78, 5) is 32.7. The standard InChI is InChI=1S/C11H19NO5/c1-16-10(14)7-5-3-4-6-9(13)8-12-11(15)17-2/h3-8H2,1-2H3,(H,12,15). The van der Waals surface area contributed by atoms with E-state index in [9.17, 15) is 14.4 Å². The van der Waals surface area contributed by atoms with Crippen molar-refractivity contribution in [3.05, 3.63) is 0 Å². The number of ketones is 1. The number of nitrogens with one attached hydrogen (secondary N) is 1. The van der Waals surface area contributed by atoms with Crippen molar-refractivity contribution in [3.63, 3.8) is 0 Å². The topological polar surface area (TPSA) is 81.7 Å². The highest BCUT2D eigenvalue weighted by atomic mass is 16.5. The Hall–Kier alpha value is -1.59. The van der Waals surface area contributed by atoms with Gasteiger partial charge in [-0.25, -0.2) is 4.79 Å². The summed E-state index contributed by atoms with van der Waals surface area (Å²) < 4.78 is 8.82. The van der Waals surface area contributed by atoms with E-state index in [1.807, 2.05) is 0 Å². The molecule has 0 aliphatic carbocycles. The highest BCUT2D eigenvalue weighted by Crippen LogP contribution is 2.04. The number of carbonyl (C=O) groups is 3. The fourth-order valence-electron chi connectivity index (χ4n) is 1.20. The van der Waals surface area contributed by atoms with Gasteiger partial charge in [0.2, 0.25) is 0 Å². The van der Waals surface area contributed by atoms with Crippen molar-refractivity contribution in [2.75, 3.05) is 20.8 Å². The zero-order valence-corrected chi connectivity index (χ0v) is 10.3. The predicted molar refractivity (Wildman–Crippen MR) is 60.5 cm³/mol. The molecule has 98 valence electrons. The second-order valence-electron chi connectivity index (χ2n) is 3.52. The van der Waals surface area contributed by atoms with Gasteiger partial charge in [-0.2, -0.15) is 0 Å². The van der Waals surface area contributed by atoms with Crippen LogP contribution in [0.5, 0.6) is 0 Å². The SMILES string of the molecule is COC(=O)CCCCCC(=O)CNC(=O)OC. The van der Waals surface area contributed by atoms with Crippen LogP contribution in [0.3, 0.4) is 0 Å². The molecule has 0 fully saturated rings. The van der Waals surface area contributed by atoms with Crippen molar-refractivity contribution in [3.8, 4) is 0 Å². The number of Topliss-reactive ketones (excluding diaryl/α,β-unsaturated/α-hetero) is 1. The molecule has 0 aromatic heterocycles. The molecule has 0 bridgehead atoms. The lowest BCUT2D eigenvalue weighted by molar-refractivity contribution is -0.140. The summed E-state index contributed by atoms with van der Waals surface area (Å²) in [5.41, 5.74) is 0. The maximum absolute atomic E-state index is 11.3. The third-order valence-corrected chi connectivity index (χ3v) is 2.18. The molecular formula is C11H19NO5. The zero-order valence-electron chi connectivity index (χ0n) is 10.3. The summed E-state index contributed by atoms with van der Waals surface area (Å²) in [6.45, 7) is -0.0102. The molecule has 0 spiro atoms. The number of carbonyl (C=O) groups excluding carboxylic acids is 3. The summed E-state index contributed by atoms with van der Waals surface area (Å²) >= 11 is 0. The van der Waals surface area contributed by atoms with E-state index in [1.54, 1.807) is 0 Å². The van der Waals surface area contributed by atoms with Crippen molar-refractivity contribution in [2.24, 2.45) is 0 Å². The van der Waals surface area contributed by atoms with Crippen LogP contribution in [0.2, 0.25) is 0 Å². The minimum Gasteiger partial charge on any atom is -0.469 e. The lowest BCUT2D eigenvalue weighted by atomic mass is 10.1. The zero-order chi connectivity index (χ0) is 13.1. The van der Waals surface area contributed by atoms with E-state index in [1.165, 1.54) is 14.2 Å². The van der Waals surface area contributed by atoms with Crippen LogP contribution in [-0.2, 0) is 19.1 Å². The highest BCUT2D eigenvalue weighted by Gasteiger charge is 2.05. The van der Waals surface area contributed by atoms with Crippen molar-refractivity contribution >= 4 is 17.8 Å². The van der Waals surface area contributed by atoms with E-state index in [0.717, 1.165) is 6.42 Å². The second-order valence-corrected chi connectivity index (χ2v) is 3.52. The number of rotatable bonds is 8. The third kappa shape index (κ3) is 9.35. The summed E-state index contributed by atoms with van der Waals surface area (Å²) in [5, 5.41) is 2.32. The van der Waals surface area contributed by atoms with E-state index >= 15 is 0 Å². The van der Waals surface area contributed by atoms with E-state index in [0.29, 0.717) is 25.7 Å². The van der Waals surface area contributed by atoms with Gasteiger partial charge in [0, 0.05) is 12.8 Å². The Balaban J connectivity index is 3.39. The molecule has 0 aromatic rings. The van der Waals surface area contributed by atoms with E-state index < -0.39 is 6.09 Å². The van der Waals surface area contributed by atoms with Crippen LogP contribution in [0.25, 0.3) is 0 Å². The van der Waals surface area contributed by atoms with Gasteiger partial charge in [0.1, 0.15) is 0 Å². The summed E-state index contributed by atoms with van der Waals surface area (Å²) in [7, 11) is 2.59. The Labute approximate surface area is 101 Å². The van der Waals surface area contributed by atoms with Crippen LogP contribution >= 0.6 is 0 Å². The van der Waals surface area contributed by atoms with Gasteiger partial charge in [-0.05, 0) is 12.8 Å². The minimum absolute atomic E-state index is 0.0102. The Morgan fingerprint density at radius 3 is 2.18 bits per heavy atom. The van der Waals surface area contributed by atoms with Gasteiger partial charge in [0.15, 0.2) is 5.78 Å². The largest absolute Gasteiger partial charge is 0.469 e. The molecule has 0 rings (SSSR count). The molecule has 6 heteroatoms. The molecule has 1 N–H and O–H groups in total. The predicted octanol–water partition coefficient (Wildman–Crippen LogP) is 1.03. The van der Waals surface area contributed by atoms with Gasteiger partial charge in [0.25, 0.3) is 0 Å². The van der Waals surface area contributed by atoms with Gasteiger partial charge in [-0.15, -0.1) is 0 Å². The number of methoxy groups -OCH3 is 2. The van der Waals surface area contributed by atoms with Crippen LogP contribution in [0.4, 0.5) is 4.79 Å². The number of alkyl carbamates (subject to hydrolysis) is 1. The number of amides is 1. The number of hydrogen-bond acceptors (Lipinski definition) is 5. The summed E-state index contributed by atoms with van der Waals surface area (Å²) in [6, 6.07) is 0. The molecule has 0 atom stereocenters. The molecule has 17 heavy (non-hydrogen) atoms. The number of hydrogen-bond donors (Lipinski definition) is 1. The fourth-order valence-corrected chi connectivity index (χ4v) is 1.20. The molecule has 6 nitrogen and oxygen atoms in total. The van der Waals surface area contributed by atoms with Gasteiger partial charge in [0.05, 0.1) is 20.8 Å². The monoisotopic (exact) mass is 245 g/mol. The molecule has 0 radical (unpaired) electrons. The maximum atomic E-state index is 11.3. The molecule has 0 saturated heterocycles. The Kier molecular flexibility index (Phi) is 8.72. The molecule has 0 aromatic carbocycles. The first-order chi connectivity index (χ1) is 8.10. The van der Waals surface area contributed by atoms with Crippen molar-refractivity contribution in [1.82, 2.24) is 5.32 Å². The molecular weight excluding hydrogens is 226 g/mol. The lowest BCUT2D eigenvalue weighted by Crippen LogP contribution is -2.29. The summed E-state index contributed by atoms with van der Waals surface area (Å²) in [6.07, 6.45) is 2.38. The smallest absolute Gasteiger partial charge is 0.407 e. The van der Waals surface area contributed by atoms with Gasteiger partial charge in [-0.1, -0.05) is 6.42 Å². The lowest BCUT2D eigenvalue weighted by Gasteiger charge is -2.03. The van der Waals surface area contributed by atoms with E-state index in [4.69, 9.17) is 0 Å². The minimum atomic E-state index is -0.607. The van der Waals surface area contributed by atoms with Gasteiger partial charge in [-0.3, -0.25) is 9.59 Å². The Bertz CT molecular complexity index is 265. The summed E-state index contributed by atoms with van der Waals surface area (Å²) in [5.74, 6) is -0.280. The maximum Gasteiger partial charge on any atom is 0.407 e. The van der Waals surface area contributed by atoms with Gasteiger partial charge >= 0.3 is 12.1 Å². The Morgan fingerprint density at radius 2 is 1.59 bits per heavy atom. The number of esters is 1. The number of unbranched alkanes of at least 4 members (excludes halogenated alkanes) is 2. The molecule has 0 heterocycles. The first-order valence-electron chi connectivity index (χ1n) is 5.50. The van der Waals surface area contributed by atoms with Crippen molar-refractivity contribution in [1.29, 1.82) is 0 Å². The molecule has 0 aliphatic rings. The van der Waals surface area contributed by atoms with Crippen LogP contribution in [0, 0.1) is 0 Å². The van der Waals surface area contributed by atoms with Crippen molar-refractivity contribution < 1.29 is 23.9 Å². The first-order valence-corrected chi connectivity index (χ1v) is 5.50. The van der Waals surface area contributed by atoms with Crippen LogP contribution in [0.15, 0.2) is 0 Å². The average molecular weight is 245 g/mol. The third-order valence-electron chi connectivity index (χ3n) is 2.18. The average Bonchev–Trinajstić information content (AvgIpc) is 2.34. The molecule has 0 aliphatic heterocycles. The molecule has 1 amide bonds. The molecule has 0 saturated carbocycles. The Morgan fingerprint density at radius 1 is 0.941 bits per heavy atom.